The lowest BCUT2D eigenvalue weighted by Gasteiger charge is -2.02. The van der Waals surface area contributed by atoms with Crippen molar-refractivity contribution in [1.29, 1.82) is 5.26 Å². The summed E-state index contributed by atoms with van der Waals surface area (Å²) in [6.07, 6.45) is 0.755. The van der Waals surface area contributed by atoms with Crippen molar-refractivity contribution in [1.82, 2.24) is 10.1 Å². The molecule has 1 aliphatic carbocycles. The molecule has 0 saturated heterocycles. The number of halogens is 1. The molecule has 1 aromatic carbocycles. The third kappa shape index (κ3) is 2.03. The summed E-state index contributed by atoms with van der Waals surface area (Å²) >= 11 is 0. The van der Waals surface area contributed by atoms with Gasteiger partial charge in [0.25, 0.3) is 0 Å². The highest BCUT2D eigenvalue weighted by Crippen LogP contribution is 2.46. The minimum absolute atomic E-state index is 0.0314. The molecule has 2 atom stereocenters. The average molecular weight is 259 g/mol. The molecule has 0 radical (unpaired) electrons. The van der Waals surface area contributed by atoms with E-state index in [0.717, 1.165) is 6.42 Å². The summed E-state index contributed by atoms with van der Waals surface area (Å²) in [4.78, 5) is 4.24. The third-order valence-corrected chi connectivity index (χ3v) is 3.12. The van der Waals surface area contributed by atoms with Crippen molar-refractivity contribution in [2.24, 2.45) is 5.92 Å². The van der Waals surface area contributed by atoms with Crippen LogP contribution in [-0.2, 0) is 0 Å². The number of aromatic nitrogens is 2. The largest absolute Gasteiger partial charge is 0.494 e. The molecule has 0 amide bonds. The van der Waals surface area contributed by atoms with Gasteiger partial charge in [0.15, 0.2) is 11.6 Å². The minimum Gasteiger partial charge on any atom is -0.494 e. The number of nitriles is 1. The second-order valence-electron chi connectivity index (χ2n) is 4.38. The predicted octanol–water partition coefficient (Wildman–Crippen LogP) is 2.51. The van der Waals surface area contributed by atoms with E-state index < -0.39 is 5.82 Å². The first-order valence-electron chi connectivity index (χ1n) is 5.80. The van der Waals surface area contributed by atoms with Crippen molar-refractivity contribution < 1.29 is 13.7 Å². The number of nitrogens with zero attached hydrogens (tertiary/aromatic N) is 3. The van der Waals surface area contributed by atoms with Crippen LogP contribution < -0.4 is 4.74 Å². The van der Waals surface area contributed by atoms with Crippen LogP contribution in [0, 0.1) is 23.1 Å². The Bertz CT molecular complexity index is 662. The summed E-state index contributed by atoms with van der Waals surface area (Å²) in [5, 5.41) is 12.6. The molecule has 0 bridgehead atoms. The van der Waals surface area contributed by atoms with Crippen LogP contribution in [0.3, 0.4) is 0 Å². The van der Waals surface area contributed by atoms with E-state index in [-0.39, 0.29) is 17.6 Å². The maximum absolute atomic E-state index is 13.3. The number of hydrogen-bond acceptors (Lipinski definition) is 5. The second kappa shape index (κ2) is 4.35. The average Bonchev–Trinajstić information content (AvgIpc) is 3.07. The Hall–Kier alpha value is -2.42. The van der Waals surface area contributed by atoms with Crippen LogP contribution in [0.2, 0.25) is 0 Å². The molecule has 0 N–H and O–H groups in total. The molecule has 19 heavy (non-hydrogen) atoms. The van der Waals surface area contributed by atoms with Gasteiger partial charge >= 0.3 is 0 Å². The molecular weight excluding hydrogens is 249 g/mol. The molecule has 0 spiro atoms. The molecule has 1 heterocycles. The highest BCUT2D eigenvalue weighted by Gasteiger charge is 2.43. The van der Waals surface area contributed by atoms with Crippen LogP contribution >= 0.6 is 0 Å². The first kappa shape index (κ1) is 11.7. The van der Waals surface area contributed by atoms with E-state index in [1.54, 1.807) is 6.07 Å². The Labute approximate surface area is 108 Å². The van der Waals surface area contributed by atoms with Crippen molar-refractivity contribution in [3.63, 3.8) is 0 Å². The zero-order valence-electron chi connectivity index (χ0n) is 10.1. The molecule has 1 fully saturated rings. The summed E-state index contributed by atoms with van der Waals surface area (Å²) in [6, 6.07) is 6.53. The van der Waals surface area contributed by atoms with E-state index >= 15 is 0 Å². The Morgan fingerprint density at radius 1 is 1.53 bits per heavy atom. The highest BCUT2D eigenvalue weighted by atomic mass is 19.1. The molecule has 1 aromatic heterocycles. The molecule has 6 heteroatoms. The van der Waals surface area contributed by atoms with Gasteiger partial charge in [0.2, 0.25) is 11.7 Å². The molecule has 2 aromatic rings. The van der Waals surface area contributed by atoms with Gasteiger partial charge in [0, 0.05) is 5.56 Å². The van der Waals surface area contributed by atoms with Crippen LogP contribution in [-0.4, -0.2) is 17.3 Å². The fourth-order valence-corrected chi connectivity index (χ4v) is 1.91. The van der Waals surface area contributed by atoms with Gasteiger partial charge in [0.1, 0.15) is 0 Å². The normalized spacial score (nSPS) is 20.9. The first-order chi connectivity index (χ1) is 9.22. The monoisotopic (exact) mass is 259 g/mol. The fraction of sp³-hybridized carbons (Fsp3) is 0.308. The lowest BCUT2D eigenvalue weighted by Crippen LogP contribution is -1.90. The number of benzene rings is 1. The molecule has 96 valence electrons. The van der Waals surface area contributed by atoms with Crippen molar-refractivity contribution in [2.75, 3.05) is 7.11 Å². The Morgan fingerprint density at radius 2 is 2.37 bits per heavy atom. The lowest BCUT2D eigenvalue weighted by atomic mass is 10.2. The first-order valence-corrected chi connectivity index (χ1v) is 5.80. The molecule has 2 unspecified atom stereocenters. The molecule has 5 nitrogen and oxygen atoms in total. The fourth-order valence-electron chi connectivity index (χ4n) is 1.91. The van der Waals surface area contributed by atoms with E-state index in [9.17, 15) is 4.39 Å². The zero-order valence-corrected chi connectivity index (χ0v) is 10.1. The SMILES string of the molecule is COc1cc(-c2noc(C3CC3C#N)n2)ccc1F. The Kier molecular flexibility index (Phi) is 2.67. The topological polar surface area (TPSA) is 71.9 Å². The number of ether oxygens (including phenoxy) is 1. The summed E-state index contributed by atoms with van der Waals surface area (Å²) in [5.74, 6) is 0.526. The maximum atomic E-state index is 13.3. The van der Waals surface area contributed by atoms with Gasteiger partial charge < -0.3 is 9.26 Å². The van der Waals surface area contributed by atoms with Crippen molar-refractivity contribution >= 4 is 0 Å². The van der Waals surface area contributed by atoms with Gasteiger partial charge in [-0.3, -0.25) is 0 Å². The van der Waals surface area contributed by atoms with Gasteiger partial charge in [-0.15, -0.1) is 0 Å². The lowest BCUT2D eigenvalue weighted by molar-refractivity contribution is 0.377. The van der Waals surface area contributed by atoms with Gasteiger partial charge in [-0.2, -0.15) is 10.2 Å². The van der Waals surface area contributed by atoms with Crippen molar-refractivity contribution in [3.05, 3.63) is 29.9 Å². The van der Waals surface area contributed by atoms with Gasteiger partial charge in [-0.25, -0.2) is 4.39 Å². The smallest absolute Gasteiger partial charge is 0.231 e. The van der Waals surface area contributed by atoms with Crippen LogP contribution in [0.4, 0.5) is 4.39 Å². The molecular formula is C13H10FN3O2. The van der Waals surface area contributed by atoms with Gasteiger partial charge in [-0.05, 0) is 24.6 Å². The van der Waals surface area contributed by atoms with E-state index in [2.05, 4.69) is 16.2 Å². The zero-order chi connectivity index (χ0) is 13.4. The summed E-state index contributed by atoms with van der Waals surface area (Å²) in [5.41, 5.74) is 0.613. The van der Waals surface area contributed by atoms with Crippen molar-refractivity contribution in [3.8, 4) is 23.2 Å². The number of methoxy groups -OCH3 is 1. The van der Waals surface area contributed by atoms with E-state index in [1.807, 2.05) is 0 Å². The standard InChI is InChI=1S/C13H10FN3O2/c1-18-11-5-7(2-3-10(11)14)12-16-13(19-17-12)9-4-8(9)6-15/h2-3,5,8-9H,4H2,1H3. The maximum Gasteiger partial charge on any atom is 0.231 e. The Balaban J connectivity index is 1.89. The van der Waals surface area contributed by atoms with Crippen LogP contribution in [0.1, 0.15) is 18.2 Å². The van der Waals surface area contributed by atoms with Crippen LogP contribution in [0.15, 0.2) is 22.7 Å². The third-order valence-electron chi connectivity index (χ3n) is 3.12. The number of rotatable bonds is 3. The van der Waals surface area contributed by atoms with E-state index in [0.29, 0.717) is 17.3 Å². The van der Waals surface area contributed by atoms with E-state index in [1.165, 1.54) is 19.2 Å². The number of hydrogen-bond donors (Lipinski definition) is 0. The van der Waals surface area contributed by atoms with Gasteiger partial charge in [-0.1, -0.05) is 5.16 Å². The van der Waals surface area contributed by atoms with Gasteiger partial charge in [0.05, 0.1) is 25.0 Å². The van der Waals surface area contributed by atoms with Crippen LogP contribution in [0.5, 0.6) is 5.75 Å². The highest BCUT2D eigenvalue weighted by molar-refractivity contribution is 5.57. The minimum atomic E-state index is -0.443. The Morgan fingerprint density at radius 3 is 3.05 bits per heavy atom. The summed E-state index contributed by atoms with van der Waals surface area (Å²) in [6.45, 7) is 0. The summed E-state index contributed by atoms with van der Waals surface area (Å²) in [7, 11) is 1.39. The second-order valence-corrected chi connectivity index (χ2v) is 4.38. The predicted molar refractivity (Wildman–Crippen MR) is 62.7 cm³/mol. The summed E-state index contributed by atoms with van der Waals surface area (Å²) < 4.78 is 23.3. The molecule has 3 rings (SSSR count). The molecule has 1 aliphatic rings. The van der Waals surface area contributed by atoms with Crippen LogP contribution in [0.25, 0.3) is 11.4 Å². The molecule has 1 saturated carbocycles. The van der Waals surface area contributed by atoms with E-state index in [4.69, 9.17) is 14.5 Å². The quantitative estimate of drug-likeness (QED) is 0.846. The van der Waals surface area contributed by atoms with Crippen molar-refractivity contribution in [2.45, 2.75) is 12.3 Å². The molecule has 0 aliphatic heterocycles.